The van der Waals surface area contributed by atoms with Crippen LogP contribution in [0.5, 0.6) is 17.2 Å². The second kappa shape index (κ2) is 9.93. The Balaban J connectivity index is 1.62. The van der Waals surface area contributed by atoms with Crippen molar-refractivity contribution in [1.29, 1.82) is 0 Å². The van der Waals surface area contributed by atoms with E-state index < -0.39 is 0 Å². The van der Waals surface area contributed by atoms with Crippen molar-refractivity contribution < 1.29 is 14.2 Å². The van der Waals surface area contributed by atoms with Crippen molar-refractivity contribution in [3.05, 3.63) is 88.7 Å². The van der Waals surface area contributed by atoms with Gasteiger partial charge in [0.15, 0.2) is 17.3 Å². The van der Waals surface area contributed by atoms with Crippen LogP contribution in [0.3, 0.4) is 0 Å². The maximum atomic E-state index is 5.99. The number of hydrogen-bond acceptors (Lipinski definition) is 6. The lowest BCUT2D eigenvalue weighted by atomic mass is 10.2. The van der Waals surface area contributed by atoms with Gasteiger partial charge >= 0.3 is 0 Å². The zero-order chi connectivity index (χ0) is 22.3. The van der Waals surface area contributed by atoms with Crippen LogP contribution in [0.15, 0.2) is 77.9 Å². The quantitative estimate of drug-likeness (QED) is 0.302. The SMILES string of the molecule is COc1ccc(/C=N\n2c(-c3ccccc3OC)n[nH]c2=S)cc1OCc1ccccc1. The highest BCUT2D eigenvalue weighted by molar-refractivity contribution is 7.71. The molecule has 0 amide bonds. The van der Waals surface area contributed by atoms with Gasteiger partial charge in [0, 0.05) is 0 Å². The average molecular weight is 447 g/mol. The van der Waals surface area contributed by atoms with Gasteiger partial charge in [-0.1, -0.05) is 42.5 Å². The predicted molar refractivity (Wildman–Crippen MR) is 126 cm³/mol. The summed E-state index contributed by atoms with van der Waals surface area (Å²) >= 11 is 5.37. The Kier molecular flexibility index (Phi) is 6.62. The molecule has 7 nitrogen and oxygen atoms in total. The maximum Gasteiger partial charge on any atom is 0.216 e. The van der Waals surface area contributed by atoms with Crippen LogP contribution in [-0.4, -0.2) is 35.3 Å². The third-order valence-electron chi connectivity index (χ3n) is 4.75. The zero-order valence-corrected chi connectivity index (χ0v) is 18.5. The van der Waals surface area contributed by atoms with E-state index in [0.717, 1.165) is 16.7 Å². The Hall–Kier alpha value is -3.91. The molecule has 1 N–H and O–H groups in total. The van der Waals surface area contributed by atoms with Gasteiger partial charge in [-0.15, -0.1) is 0 Å². The summed E-state index contributed by atoms with van der Waals surface area (Å²) < 4.78 is 18.8. The molecule has 0 aliphatic rings. The van der Waals surface area contributed by atoms with Gasteiger partial charge in [0.05, 0.1) is 26.0 Å². The van der Waals surface area contributed by atoms with E-state index in [4.69, 9.17) is 26.4 Å². The monoisotopic (exact) mass is 446 g/mol. The number of benzene rings is 3. The molecule has 4 aromatic rings. The Morgan fingerprint density at radius 3 is 2.47 bits per heavy atom. The van der Waals surface area contributed by atoms with Crippen LogP contribution in [0.25, 0.3) is 11.4 Å². The van der Waals surface area contributed by atoms with Gasteiger partial charge in [-0.3, -0.25) is 0 Å². The summed E-state index contributed by atoms with van der Waals surface area (Å²) in [5, 5.41) is 11.7. The first kappa shape index (κ1) is 21.3. The van der Waals surface area contributed by atoms with Crippen molar-refractivity contribution in [2.45, 2.75) is 6.61 Å². The van der Waals surface area contributed by atoms with Gasteiger partial charge in [-0.05, 0) is 53.7 Å². The Labute approximate surface area is 190 Å². The van der Waals surface area contributed by atoms with Gasteiger partial charge < -0.3 is 14.2 Å². The van der Waals surface area contributed by atoms with E-state index in [0.29, 0.717) is 34.5 Å². The zero-order valence-electron chi connectivity index (χ0n) is 17.7. The van der Waals surface area contributed by atoms with E-state index in [1.54, 1.807) is 25.1 Å². The fourth-order valence-electron chi connectivity index (χ4n) is 3.15. The number of para-hydroxylation sites is 1. The van der Waals surface area contributed by atoms with Crippen molar-refractivity contribution in [2.24, 2.45) is 5.10 Å². The highest BCUT2D eigenvalue weighted by atomic mass is 32.1. The van der Waals surface area contributed by atoms with E-state index in [1.165, 1.54) is 0 Å². The number of nitrogens with zero attached hydrogens (tertiary/aromatic N) is 3. The minimum absolute atomic E-state index is 0.371. The molecule has 0 radical (unpaired) electrons. The summed E-state index contributed by atoms with van der Waals surface area (Å²) in [6.45, 7) is 0.433. The molecule has 1 aromatic heterocycles. The molecule has 8 heteroatoms. The first-order chi connectivity index (χ1) is 15.7. The molecule has 0 aliphatic carbocycles. The van der Waals surface area contributed by atoms with Crippen molar-refractivity contribution in [1.82, 2.24) is 14.9 Å². The lowest BCUT2D eigenvalue weighted by Gasteiger charge is -2.11. The Morgan fingerprint density at radius 1 is 0.938 bits per heavy atom. The third kappa shape index (κ3) is 4.70. The number of aromatic nitrogens is 3. The van der Waals surface area contributed by atoms with Crippen molar-refractivity contribution in [3.63, 3.8) is 0 Å². The van der Waals surface area contributed by atoms with E-state index in [1.807, 2.05) is 72.8 Å². The van der Waals surface area contributed by atoms with Crippen LogP contribution in [0.1, 0.15) is 11.1 Å². The normalized spacial score (nSPS) is 10.9. The van der Waals surface area contributed by atoms with Crippen LogP contribution < -0.4 is 14.2 Å². The predicted octanol–water partition coefficient (Wildman–Crippen LogP) is 5.09. The fraction of sp³-hybridized carbons (Fsp3) is 0.125. The molecule has 4 rings (SSSR count). The van der Waals surface area contributed by atoms with E-state index in [9.17, 15) is 0 Å². The maximum absolute atomic E-state index is 5.99. The van der Waals surface area contributed by atoms with E-state index >= 15 is 0 Å². The van der Waals surface area contributed by atoms with Crippen LogP contribution in [0.4, 0.5) is 0 Å². The molecule has 162 valence electrons. The first-order valence-corrected chi connectivity index (χ1v) is 10.3. The van der Waals surface area contributed by atoms with E-state index in [-0.39, 0.29) is 0 Å². The van der Waals surface area contributed by atoms with Crippen LogP contribution in [0, 0.1) is 4.77 Å². The molecule has 0 unspecified atom stereocenters. The standard InChI is InChI=1S/C24H22N4O3S/c1-29-20-11-7-6-10-19(20)23-26-27-24(32)28(23)25-15-18-12-13-21(30-2)22(14-18)31-16-17-8-4-3-5-9-17/h3-15H,16H2,1-2H3,(H,27,32)/b25-15-. The number of nitrogens with one attached hydrogen (secondary N) is 1. The Bertz CT molecular complexity index is 1280. The lowest BCUT2D eigenvalue weighted by Crippen LogP contribution is -1.99. The van der Waals surface area contributed by atoms with Crippen molar-refractivity contribution in [2.75, 3.05) is 14.2 Å². The highest BCUT2D eigenvalue weighted by Gasteiger charge is 2.13. The summed E-state index contributed by atoms with van der Waals surface area (Å²) in [4.78, 5) is 0. The molecule has 0 bridgehead atoms. The molecule has 3 aromatic carbocycles. The summed E-state index contributed by atoms with van der Waals surface area (Å²) in [7, 11) is 3.23. The van der Waals surface area contributed by atoms with Crippen LogP contribution in [-0.2, 0) is 6.61 Å². The molecule has 0 fully saturated rings. The molecule has 0 spiro atoms. The van der Waals surface area contributed by atoms with Gasteiger partial charge in [0.1, 0.15) is 12.4 Å². The minimum atomic E-state index is 0.371. The summed E-state index contributed by atoms with van der Waals surface area (Å²) in [6.07, 6.45) is 1.69. The number of hydrogen-bond donors (Lipinski definition) is 1. The fourth-order valence-corrected chi connectivity index (χ4v) is 3.33. The highest BCUT2D eigenvalue weighted by Crippen LogP contribution is 2.29. The summed E-state index contributed by atoms with van der Waals surface area (Å²) in [5.41, 5.74) is 2.67. The Morgan fingerprint density at radius 2 is 1.69 bits per heavy atom. The first-order valence-electron chi connectivity index (χ1n) is 9.89. The minimum Gasteiger partial charge on any atom is -0.496 e. The number of rotatable bonds is 8. The molecule has 0 saturated carbocycles. The molecule has 0 atom stereocenters. The lowest BCUT2D eigenvalue weighted by molar-refractivity contribution is 0.284. The van der Waals surface area contributed by atoms with Gasteiger partial charge in [-0.25, -0.2) is 5.10 Å². The summed E-state index contributed by atoms with van der Waals surface area (Å²) in [6, 6.07) is 23.1. The molecule has 1 heterocycles. The van der Waals surface area contributed by atoms with Crippen LogP contribution >= 0.6 is 12.2 Å². The summed E-state index contributed by atoms with van der Waals surface area (Å²) in [5.74, 6) is 2.51. The number of methoxy groups -OCH3 is 2. The van der Waals surface area contributed by atoms with Gasteiger partial charge in [0.25, 0.3) is 0 Å². The van der Waals surface area contributed by atoms with Crippen LogP contribution in [0.2, 0.25) is 0 Å². The molecular formula is C24H22N4O3S. The average Bonchev–Trinajstić information content (AvgIpc) is 3.22. The van der Waals surface area contributed by atoms with Gasteiger partial charge in [0.2, 0.25) is 4.77 Å². The smallest absolute Gasteiger partial charge is 0.216 e. The number of ether oxygens (including phenoxy) is 3. The van der Waals surface area contributed by atoms with Gasteiger partial charge in [-0.2, -0.15) is 14.9 Å². The molecule has 32 heavy (non-hydrogen) atoms. The third-order valence-corrected chi connectivity index (χ3v) is 5.01. The van der Waals surface area contributed by atoms with Crippen molar-refractivity contribution >= 4 is 18.4 Å². The topological polar surface area (TPSA) is 73.7 Å². The van der Waals surface area contributed by atoms with Crippen molar-refractivity contribution in [3.8, 4) is 28.6 Å². The second-order valence-electron chi connectivity index (χ2n) is 6.79. The molecule has 0 saturated heterocycles. The number of H-pyrrole nitrogens is 1. The number of aromatic amines is 1. The van der Waals surface area contributed by atoms with E-state index in [2.05, 4.69) is 15.3 Å². The molecule has 0 aliphatic heterocycles. The molecular weight excluding hydrogens is 424 g/mol. The second-order valence-corrected chi connectivity index (χ2v) is 7.18. The largest absolute Gasteiger partial charge is 0.496 e.